The Kier molecular flexibility index (Phi) is 5.28. The Hall–Kier alpha value is -2.14. The standard InChI is InChI=1S/C22H26ClN3O2/c1-22(2)11-10-17-16(13-22)19(23)25-20(24-17)18-9-6-12-26(18)21(27)28-14-15-7-4-3-5-8-15/h3-5,7-8,18H,6,9-14H2,1-2H3. The van der Waals surface area contributed by atoms with Crippen LogP contribution in [0.25, 0.3) is 0 Å². The van der Waals surface area contributed by atoms with Crippen molar-refractivity contribution in [2.45, 2.75) is 58.6 Å². The quantitative estimate of drug-likeness (QED) is 0.672. The molecule has 0 N–H and O–H groups in total. The molecular formula is C22H26ClN3O2. The Bertz CT molecular complexity index is 870. The third-order valence-electron chi connectivity index (χ3n) is 5.74. The molecule has 0 saturated carbocycles. The molecule has 1 aliphatic carbocycles. The smallest absolute Gasteiger partial charge is 0.410 e. The van der Waals surface area contributed by atoms with Crippen molar-refractivity contribution in [1.82, 2.24) is 14.9 Å². The molecule has 1 amide bonds. The fourth-order valence-corrected chi connectivity index (χ4v) is 4.39. The van der Waals surface area contributed by atoms with E-state index in [1.165, 1.54) is 0 Å². The largest absolute Gasteiger partial charge is 0.445 e. The van der Waals surface area contributed by atoms with Gasteiger partial charge >= 0.3 is 6.09 Å². The van der Waals surface area contributed by atoms with E-state index in [0.717, 1.165) is 48.9 Å². The van der Waals surface area contributed by atoms with Crippen molar-refractivity contribution in [1.29, 1.82) is 0 Å². The Morgan fingerprint density at radius 3 is 2.86 bits per heavy atom. The van der Waals surface area contributed by atoms with Crippen molar-refractivity contribution in [2.24, 2.45) is 5.41 Å². The third kappa shape index (κ3) is 4.00. The van der Waals surface area contributed by atoms with Gasteiger partial charge in [-0.05, 0) is 43.1 Å². The van der Waals surface area contributed by atoms with Crippen molar-refractivity contribution in [3.05, 3.63) is 58.1 Å². The highest BCUT2D eigenvalue weighted by Crippen LogP contribution is 2.38. The normalized spacial score (nSPS) is 20.7. The second kappa shape index (κ2) is 7.70. The van der Waals surface area contributed by atoms with Gasteiger partial charge < -0.3 is 4.74 Å². The van der Waals surface area contributed by atoms with Gasteiger partial charge in [-0.1, -0.05) is 55.8 Å². The molecule has 5 nitrogen and oxygen atoms in total. The van der Waals surface area contributed by atoms with E-state index in [9.17, 15) is 4.79 Å². The number of hydrogen-bond donors (Lipinski definition) is 0. The highest BCUT2D eigenvalue weighted by Gasteiger charge is 2.35. The zero-order chi connectivity index (χ0) is 19.7. The SMILES string of the molecule is CC1(C)CCc2nc(C3CCCN3C(=O)OCc3ccccc3)nc(Cl)c2C1. The van der Waals surface area contributed by atoms with Gasteiger partial charge in [-0.15, -0.1) is 0 Å². The summed E-state index contributed by atoms with van der Waals surface area (Å²) >= 11 is 6.54. The van der Waals surface area contributed by atoms with Gasteiger partial charge in [0.25, 0.3) is 0 Å². The molecule has 2 aromatic rings. The van der Waals surface area contributed by atoms with Gasteiger partial charge in [-0.2, -0.15) is 0 Å². The predicted octanol–water partition coefficient (Wildman–Crippen LogP) is 5.12. The molecule has 28 heavy (non-hydrogen) atoms. The first-order valence-corrected chi connectivity index (χ1v) is 10.3. The fraction of sp³-hybridized carbons (Fsp3) is 0.500. The van der Waals surface area contributed by atoms with Crippen molar-refractivity contribution >= 4 is 17.7 Å². The lowest BCUT2D eigenvalue weighted by atomic mass is 9.76. The van der Waals surface area contributed by atoms with Gasteiger partial charge in [-0.25, -0.2) is 14.8 Å². The van der Waals surface area contributed by atoms with Crippen LogP contribution in [-0.4, -0.2) is 27.5 Å². The van der Waals surface area contributed by atoms with Crippen LogP contribution >= 0.6 is 11.6 Å². The Morgan fingerprint density at radius 1 is 1.29 bits per heavy atom. The maximum atomic E-state index is 12.7. The number of nitrogens with zero attached hydrogens (tertiary/aromatic N) is 3. The first kappa shape index (κ1) is 19.2. The number of carbonyl (C=O) groups excluding carboxylic acids is 1. The molecule has 1 fully saturated rings. The van der Waals surface area contributed by atoms with Crippen LogP contribution in [0, 0.1) is 5.41 Å². The molecule has 4 rings (SSSR count). The summed E-state index contributed by atoms with van der Waals surface area (Å²) in [4.78, 5) is 23.8. The summed E-state index contributed by atoms with van der Waals surface area (Å²) in [5, 5.41) is 0.539. The average Bonchev–Trinajstić information content (AvgIpc) is 3.17. The fourth-order valence-electron chi connectivity index (χ4n) is 4.13. The highest BCUT2D eigenvalue weighted by molar-refractivity contribution is 6.30. The van der Waals surface area contributed by atoms with Crippen LogP contribution in [0.3, 0.4) is 0 Å². The van der Waals surface area contributed by atoms with Crippen LogP contribution < -0.4 is 0 Å². The minimum atomic E-state index is -0.315. The highest BCUT2D eigenvalue weighted by atomic mass is 35.5. The molecule has 0 spiro atoms. The Labute approximate surface area is 171 Å². The van der Waals surface area contributed by atoms with Crippen LogP contribution in [0.2, 0.25) is 5.15 Å². The molecule has 1 aromatic carbocycles. The predicted molar refractivity (Wildman–Crippen MR) is 108 cm³/mol. The molecule has 0 radical (unpaired) electrons. The van der Waals surface area contributed by atoms with Crippen molar-refractivity contribution < 1.29 is 9.53 Å². The summed E-state index contributed by atoms with van der Waals surface area (Å²) in [5.41, 5.74) is 3.31. The van der Waals surface area contributed by atoms with E-state index in [1.807, 2.05) is 30.3 Å². The van der Waals surface area contributed by atoms with Gasteiger partial charge in [-0.3, -0.25) is 4.90 Å². The molecule has 1 aliphatic heterocycles. The van der Waals surface area contributed by atoms with Crippen LogP contribution in [0.15, 0.2) is 30.3 Å². The number of halogens is 1. The van der Waals surface area contributed by atoms with Gasteiger partial charge in [0, 0.05) is 17.8 Å². The lowest BCUT2D eigenvalue weighted by molar-refractivity contribution is 0.0908. The van der Waals surface area contributed by atoms with Crippen LogP contribution in [0.5, 0.6) is 0 Å². The zero-order valence-electron chi connectivity index (χ0n) is 16.4. The van der Waals surface area contributed by atoms with Crippen LogP contribution in [0.4, 0.5) is 4.79 Å². The topological polar surface area (TPSA) is 55.3 Å². The molecule has 0 bridgehead atoms. The summed E-state index contributed by atoms with van der Waals surface area (Å²) in [6.45, 7) is 5.43. The molecule has 1 unspecified atom stereocenters. The first-order valence-electron chi connectivity index (χ1n) is 9.95. The number of likely N-dealkylation sites (tertiary alicyclic amines) is 1. The first-order chi connectivity index (χ1) is 13.4. The number of aryl methyl sites for hydroxylation is 1. The molecule has 148 valence electrons. The number of amides is 1. The lowest BCUT2D eigenvalue weighted by Gasteiger charge is -2.31. The van der Waals surface area contributed by atoms with Crippen molar-refractivity contribution in [3.63, 3.8) is 0 Å². The number of aromatic nitrogens is 2. The third-order valence-corrected chi connectivity index (χ3v) is 6.06. The molecule has 1 saturated heterocycles. The van der Waals surface area contributed by atoms with Gasteiger partial charge in [0.05, 0.1) is 6.04 Å². The van der Waals surface area contributed by atoms with Crippen molar-refractivity contribution in [3.8, 4) is 0 Å². The summed E-state index contributed by atoms with van der Waals surface area (Å²) in [6.07, 6.45) is 4.32. The minimum Gasteiger partial charge on any atom is -0.445 e. The van der Waals surface area contributed by atoms with E-state index in [-0.39, 0.29) is 24.2 Å². The maximum absolute atomic E-state index is 12.7. The van der Waals surface area contributed by atoms with Crippen LogP contribution in [-0.2, 0) is 24.2 Å². The summed E-state index contributed by atoms with van der Waals surface area (Å²) in [5.74, 6) is 0.651. The number of rotatable bonds is 3. The van der Waals surface area contributed by atoms with Gasteiger partial charge in [0.15, 0.2) is 5.82 Å². The van der Waals surface area contributed by atoms with E-state index < -0.39 is 0 Å². The van der Waals surface area contributed by atoms with E-state index >= 15 is 0 Å². The second-order valence-electron chi connectivity index (χ2n) is 8.53. The Morgan fingerprint density at radius 2 is 2.07 bits per heavy atom. The minimum absolute atomic E-state index is 0.166. The lowest BCUT2D eigenvalue weighted by Crippen LogP contribution is -2.33. The van der Waals surface area contributed by atoms with E-state index in [0.29, 0.717) is 17.5 Å². The molecule has 2 aliphatic rings. The molecular weight excluding hydrogens is 374 g/mol. The molecule has 6 heteroatoms. The monoisotopic (exact) mass is 399 g/mol. The number of hydrogen-bond acceptors (Lipinski definition) is 4. The summed E-state index contributed by atoms with van der Waals surface area (Å²) in [7, 11) is 0. The van der Waals surface area contributed by atoms with E-state index in [1.54, 1.807) is 4.90 Å². The number of benzene rings is 1. The van der Waals surface area contributed by atoms with Crippen molar-refractivity contribution in [2.75, 3.05) is 6.54 Å². The second-order valence-corrected chi connectivity index (χ2v) is 8.89. The molecule has 1 atom stereocenters. The maximum Gasteiger partial charge on any atom is 0.410 e. The number of fused-ring (bicyclic) bond motifs is 1. The molecule has 1 aromatic heterocycles. The van der Waals surface area contributed by atoms with Crippen LogP contribution in [0.1, 0.15) is 61.8 Å². The summed E-state index contributed by atoms with van der Waals surface area (Å²) in [6, 6.07) is 9.55. The molecule has 2 heterocycles. The van der Waals surface area contributed by atoms with Gasteiger partial charge in [0.2, 0.25) is 0 Å². The Balaban J connectivity index is 1.50. The average molecular weight is 400 g/mol. The van der Waals surface area contributed by atoms with Gasteiger partial charge in [0.1, 0.15) is 11.8 Å². The zero-order valence-corrected chi connectivity index (χ0v) is 17.2. The number of carbonyl (C=O) groups is 1. The summed E-state index contributed by atoms with van der Waals surface area (Å²) < 4.78 is 5.53. The van der Waals surface area contributed by atoms with E-state index in [4.69, 9.17) is 21.3 Å². The van der Waals surface area contributed by atoms with E-state index in [2.05, 4.69) is 18.8 Å². The number of ether oxygens (including phenoxy) is 1.